The van der Waals surface area contributed by atoms with Crippen LogP contribution in [0.2, 0.25) is 0 Å². The van der Waals surface area contributed by atoms with Gasteiger partial charge < -0.3 is 5.11 Å². The molecular formula is C10H7NO5. The summed E-state index contributed by atoms with van der Waals surface area (Å²) >= 11 is 0. The number of carbonyl (C=O) groups excluding carboxylic acids is 2. The molecule has 0 fully saturated rings. The first-order valence-corrected chi connectivity index (χ1v) is 4.53. The molecule has 1 aromatic carbocycles. The van der Waals surface area contributed by atoms with Gasteiger partial charge in [-0.2, -0.15) is 0 Å². The lowest BCUT2D eigenvalue weighted by Gasteiger charge is -2.21. The smallest absolute Gasteiger partial charge is 0.307 e. The molecule has 1 N–H and O–H groups in total. The SMILES string of the molecule is O=C1c2ccccc2C(=O)[C@H]([N+](=O)[O-])[C@H]1O. The minimum absolute atomic E-state index is 0.000463. The Labute approximate surface area is 89.7 Å². The minimum Gasteiger partial charge on any atom is -0.378 e. The van der Waals surface area contributed by atoms with Crippen molar-refractivity contribution in [1.29, 1.82) is 0 Å². The van der Waals surface area contributed by atoms with Crippen molar-refractivity contribution in [1.82, 2.24) is 0 Å². The van der Waals surface area contributed by atoms with Gasteiger partial charge in [-0.05, 0) is 0 Å². The van der Waals surface area contributed by atoms with E-state index in [4.69, 9.17) is 0 Å². The van der Waals surface area contributed by atoms with E-state index in [0.29, 0.717) is 0 Å². The van der Waals surface area contributed by atoms with Gasteiger partial charge in [-0.1, -0.05) is 24.3 Å². The van der Waals surface area contributed by atoms with Gasteiger partial charge in [0.1, 0.15) is 0 Å². The lowest BCUT2D eigenvalue weighted by atomic mass is 9.84. The molecule has 0 bridgehead atoms. The molecule has 0 unspecified atom stereocenters. The summed E-state index contributed by atoms with van der Waals surface area (Å²) in [5.41, 5.74) is 0.0394. The summed E-state index contributed by atoms with van der Waals surface area (Å²) in [4.78, 5) is 32.9. The van der Waals surface area contributed by atoms with E-state index in [9.17, 15) is 24.8 Å². The number of carbonyl (C=O) groups is 2. The average molecular weight is 221 g/mol. The molecule has 1 aliphatic carbocycles. The number of rotatable bonds is 1. The third-order valence-electron chi connectivity index (χ3n) is 2.52. The number of aliphatic hydroxyl groups is 1. The lowest BCUT2D eigenvalue weighted by molar-refractivity contribution is -0.513. The van der Waals surface area contributed by atoms with E-state index in [-0.39, 0.29) is 11.1 Å². The monoisotopic (exact) mass is 221 g/mol. The first kappa shape index (κ1) is 10.4. The second-order valence-corrected chi connectivity index (χ2v) is 3.45. The lowest BCUT2D eigenvalue weighted by Crippen LogP contribution is -2.49. The van der Waals surface area contributed by atoms with Gasteiger partial charge in [0.25, 0.3) is 0 Å². The number of hydrogen-bond donors (Lipinski definition) is 1. The molecule has 0 saturated heterocycles. The molecule has 1 aromatic rings. The molecule has 0 aliphatic heterocycles. The van der Waals surface area contributed by atoms with Crippen molar-refractivity contribution in [3.05, 3.63) is 45.5 Å². The highest BCUT2D eigenvalue weighted by molar-refractivity contribution is 6.17. The van der Waals surface area contributed by atoms with Crippen LogP contribution in [0.1, 0.15) is 20.7 Å². The van der Waals surface area contributed by atoms with Gasteiger partial charge in [-0.15, -0.1) is 0 Å². The zero-order chi connectivity index (χ0) is 11.9. The van der Waals surface area contributed by atoms with Crippen molar-refractivity contribution < 1.29 is 19.6 Å². The van der Waals surface area contributed by atoms with Gasteiger partial charge >= 0.3 is 6.04 Å². The average Bonchev–Trinajstić information content (AvgIpc) is 2.26. The van der Waals surface area contributed by atoms with E-state index in [1.807, 2.05) is 0 Å². The van der Waals surface area contributed by atoms with Crippen LogP contribution in [0.4, 0.5) is 0 Å². The summed E-state index contributed by atoms with van der Waals surface area (Å²) in [7, 11) is 0. The van der Waals surface area contributed by atoms with Crippen LogP contribution >= 0.6 is 0 Å². The molecule has 2 rings (SSSR count). The number of ketones is 2. The first-order chi connectivity index (χ1) is 7.54. The van der Waals surface area contributed by atoms with E-state index in [1.165, 1.54) is 24.3 Å². The first-order valence-electron chi connectivity index (χ1n) is 4.53. The van der Waals surface area contributed by atoms with E-state index < -0.39 is 28.6 Å². The Morgan fingerprint density at radius 2 is 1.62 bits per heavy atom. The van der Waals surface area contributed by atoms with Crippen molar-refractivity contribution in [3.63, 3.8) is 0 Å². The molecule has 1 aliphatic rings. The Hall–Kier alpha value is -2.08. The summed E-state index contributed by atoms with van der Waals surface area (Å²) in [5.74, 6) is -1.61. The maximum absolute atomic E-state index is 11.7. The number of fused-ring (bicyclic) bond motifs is 1. The van der Waals surface area contributed by atoms with E-state index in [2.05, 4.69) is 0 Å². The van der Waals surface area contributed by atoms with Crippen LogP contribution in [0, 0.1) is 10.1 Å². The Morgan fingerprint density at radius 3 is 2.12 bits per heavy atom. The van der Waals surface area contributed by atoms with Gasteiger partial charge in [0, 0.05) is 16.1 Å². The number of nitro groups is 1. The summed E-state index contributed by atoms with van der Waals surface area (Å²) < 4.78 is 0. The van der Waals surface area contributed by atoms with Crippen molar-refractivity contribution in [3.8, 4) is 0 Å². The molecule has 0 amide bonds. The quantitative estimate of drug-likeness (QED) is 0.534. The van der Waals surface area contributed by atoms with Crippen molar-refractivity contribution in [2.45, 2.75) is 12.1 Å². The van der Waals surface area contributed by atoms with E-state index in [1.54, 1.807) is 0 Å². The fourth-order valence-corrected chi connectivity index (χ4v) is 1.73. The Bertz CT molecular complexity index is 496. The summed E-state index contributed by atoms with van der Waals surface area (Å²) in [6.07, 6.45) is -1.89. The Kier molecular flexibility index (Phi) is 2.28. The van der Waals surface area contributed by atoms with Crippen molar-refractivity contribution in [2.75, 3.05) is 0 Å². The maximum Gasteiger partial charge on any atom is 0.307 e. The highest BCUT2D eigenvalue weighted by Crippen LogP contribution is 2.23. The maximum atomic E-state index is 11.7. The third-order valence-corrected chi connectivity index (χ3v) is 2.52. The molecule has 6 heteroatoms. The van der Waals surface area contributed by atoms with Crippen LogP contribution < -0.4 is 0 Å². The van der Waals surface area contributed by atoms with Gasteiger partial charge in [0.2, 0.25) is 5.78 Å². The summed E-state index contributed by atoms with van der Waals surface area (Å²) in [6, 6.07) is 3.87. The van der Waals surface area contributed by atoms with E-state index >= 15 is 0 Å². The fraction of sp³-hybridized carbons (Fsp3) is 0.200. The number of aliphatic hydroxyl groups excluding tert-OH is 1. The number of benzene rings is 1. The number of nitrogens with zero attached hydrogens (tertiary/aromatic N) is 1. The Morgan fingerprint density at radius 1 is 1.12 bits per heavy atom. The van der Waals surface area contributed by atoms with Crippen LogP contribution in [0.5, 0.6) is 0 Å². The zero-order valence-electron chi connectivity index (χ0n) is 7.99. The molecule has 6 nitrogen and oxygen atoms in total. The van der Waals surface area contributed by atoms with Gasteiger partial charge in [-0.25, -0.2) is 0 Å². The second kappa shape index (κ2) is 3.49. The molecule has 0 saturated carbocycles. The summed E-state index contributed by atoms with van der Waals surface area (Å²) in [6.45, 7) is 0. The predicted molar refractivity (Wildman–Crippen MR) is 51.9 cm³/mol. The van der Waals surface area contributed by atoms with Crippen LogP contribution in [0.3, 0.4) is 0 Å². The third kappa shape index (κ3) is 1.31. The number of Topliss-reactive ketones (excluding diaryl/α,β-unsaturated/α-hetero) is 2. The van der Waals surface area contributed by atoms with Crippen molar-refractivity contribution in [2.24, 2.45) is 0 Å². The largest absolute Gasteiger partial charge is 0.378 e. The van der Waals surface area contributed by atoms with Crippen LogP contribution in [-0.2, 0) is 0 Å². The topological polar surface area (TPSA) is 97.5 Å². The van der Waals surface area contributed by atoms with Gasteiger partial charge in [0.05, 0.1) is 0 Å². The minimum atomic E-state index is -1.89. The number of hydrogen-bond acceptors (Lipinski definition) is 5. The summed E-state index contributed by atoms with van der Waals surface area (Å²) in [5, 5.41) is 20.0. The molecule has 0 heterocycles. The van der Waals surface area contributed by atoms with Crippen LogP contribution in [-0.4, -0.2) is 33.7 Å². The second-order valence-electron chi connectivity index (χ2n) is 3.45. The standard InChI is InChI=1S/C10H7NO5/c12-8-5-3-1-2-4-6(5)9(13)10(14)7(8)11(15)16/h1-4,7,10,14H/t7-,10+/m0/s1. The highest BCUT2D eigenvalue weighted by Gasteiger charge is 2.48. The molecule has 0 radical (unpaired) electrons. The fourth-order valence-electron chi connectivity index (χ4n) is 1.73. The molecule has 82 valence electrons. The Balaban J connectivity index is 2.61. The van der Waals surface area contributed by atoms with Gasteiger partial charge in [0.15, 0.2) is 11.9 Å². The van der Waals surface area contributed by atoms with Gasteiger partial charge in [-0.3, -0.25) is 19.7 Å². The van der Waals surface area contributed by atoms with E-state index in [0.717, 1.165) is 0 Å². The molecule has 0 aromatic heterocycles. The molecule has 0 spiro atoms. The zero-order valence-corrected chi connectivity index (χ0v) is 7.99. The molecule has 16 heavy (non-hydrogen) atoms. The normalized spacial score (nSPS) is 24.1. The molecular weight excluding hydrogens is 214 g/mol. The predicted octanol–water partition coefficient (Wildman–Crippen LogP) is 0.0718. The van der Waals surface area contributed by atoms with Crippen LogP contribution in [0.25, 0.3) is 0 Å². The molecule has 2 atom stereocenters. The van der Waals surface area contributed by atoms with Crippen LogP contribution in [0.15, 0.2) is 24.3 Å². The van der Waals surface area contributed by atoms with Crippen molar-refractivity contribution >= 4 is 11.6 Å². The highest BCUT2D eigenvalue weighted by atomic mass is 16.6.